The van der Waals surface area contributed by atoms with Crippen LogP contribution in [0.4, 0.5) is 25.1 Å². The molecule has 3 aromatic carbocycles. The molecule has 2 aromatic heterocycles. The van der Waals surface area contributed by atoms with Gasteiger partial charge in [0, 0.05) is 56.2 Å². The van der Waals surface area contributed by atoms with Gasteiger partial charge in [-0.25, -0.2) is 27.8 Å². The number of carbonyl (C=O) groups is 2. The van der Waals surface area contributed by atoms with Crippen LogP contribution in [0.2, 0.25) is 0 Å². The van der Waals surface area contributed by atoms with Gasteiger partial charge in [-0.1, -0.05) is 6.92 Å². The molecule has 2 aliphatic heterocycles. The molecule has 61 heavy (non-hydrogen) atoms. The van der Waals surface area contributed by atoms with Gasteiger partial charge in [0.2, 0.25) is 11.8 Å². The van der Waals surface area contributed by atoms with Crippen molar-refractivity contribution in [3.63, 3.8) is 0 Å². The summed E-state index contributed by atoms with van der Waals surface area (Å²) in [6.07, 6.45) is 9.84. The number of anilines is 2. The maximum absolute atomic E-state index is 15.8. The number of aromatic nitrogens is 4. The number of nitriles is 1. The Labute approximate surface area is 356 Å². The van der Waals surface area contributed by atoms with Crippen LogP contribution in [0.3, 0.4) is 0 Å². The molecule has 2 aliphatic carbocycles. The third-order valence-corrected chi connectivity index (χ3v) is 14.0. The number of nitrogens with zero attached hydrogens (tertiary/aromatic N) is 8. The van der Waals surface area contributed by atoms with Crippen LogP contribution in [0.15, 0.2) is 48.7 Å². The number of hydrogen-bond donors (Lipinski definition) is 2. The van der Waals surface area contributed by atoms with Crippen molar-refractivity contribution in [2.45, 2.75) is 82.8 Å². The van der Waals surface area contributed by atoms with Gasteiger partial charge >= 0.3 is 6.03 Å². The summed E-state index contributed by atoms with van der Waals surface area (Å²) in [5.41, 5.74) is 3.42. The Morgan fingerprint density at radius 2 is 1.82 bits per heavy atom. The molecule has 4 fully saturated rings. The summed E-state index contributed by atoms with van der Waals surface area (Å²) < 4.78 is 49.8. The minimum Gasteiger partial charge on any atom is -0.473 e. The van der Waals surface area contributed by atoms with Gasteiger partial charge in [-0.3, -0.25) is 19.7 Å². The predicted octanol–water partition coefficient (Wildman–Crippen LogP) is 8.18. The number of hydrogen-bond acceptors (Lipinski definition) is 12. The lowest BCUT2D eigenvalue weighted by molar-refractivity contribution is -0.120. The van der Waals surface area contributed by atoms with E-state index in [1.807, 2.05) is 24.3 Å². The number of likely N-dealkylation sites (tertiary alicyclic amines) is 1. The van der Waals surface area contributed by atoms with E-state index in [4.69, 9.17) is 14.5 Å². The van der Waals surface area contributed by atoms with Gasteiger partial charge in [0.15, 0.2) is 17.4 Å². The van der Waals surface area contributed by atoms with Crippen molar-refractivity contribution < 1.29 is 27.8 Å². The number of aryl methyl sites for hydroxylation is 1. The number of carbonyl (C=O) groups excluding carboxylic acids is 2. The second-order valence-electron chi connectivity index (χ2n) is 16.8. The predicted molar refractivity (Wildman–Crippen MR) is 228 cm³/mol. The average Bonchev–Trinajstić information content (AvgIpc) is 3.56. The molecule has 2 N–H and O–H groups in total. The number of rotatable bonds is 11. The zero-order chi connectivity index (χ0) is 42.4. The summed E-state index contributed by atoms with van der Waals surface area (Å²) in [5, 5.41) is 17.3. The topological polar surface area (TPSA) is 154 Å². The highest BCUT2D eigenvalue weighted by Gasteiger charge is 2.48. The lowest BCUT2D eigenvalue weighted by Gasteiger charge is -2.53. The van der Waals surface area contributed by atoms with E-state index in [0.29, 0.717) is 51.2 Å². The number of piperidine rings is 1. The molecule has 4 aliphatic rings. The molecule has 2 saturated heterocycles. The number of nitrogens with one attached hydrogen (secondary N) is 2. The number of benzene rings is 3. The normalized spacial score (nSPS) is 20.8. The van der Waals surface area contributed by atoms with E-state index in [-0.39, 0.29) is 53.4 Å². The van der Waals surface area contributed by atoms with Gasteiger partial charge in [0.1, 0.15) is 29.3 Å². The number of fused-ring (bicyclic) bond motifs is 2. The maximum Gasteiger partial charge on any atom is 0.329 e. The summed E-state index contributed by atoms with van der Waals surface area (Å²) in [4.78, 5) is 37.5. The summed E-state index contributed by atoms with van der Waals surface area (Å²) in [6, 6.07) is 13.3. The van der Waals surface area contributed by atoms with E-state index in [2.05, 4.69) is 31.1 Å². The van der Waals surface area contributed by atoms with Gasteiger partial charge in [0.25, 0.3) is 0 Å². The van der Waals surface area contributed by atoms with E-state index in [1.54, 1.807) is 36.1 Å². The molecule has 0 radical (unpaired) electrons. The standard InChI is InChI=1S/C44H48F2N10O4S/c1-4-53(2)61-52-35-12-10-33(45)41(32(35)24-47)60-28-9-11-36-37(19-28)49-40(25-48-36)59-29-22-44(23-29)14-17-55(18-15-44)27-7-5-26(6-8-27)30-21-38-31(20-34(30)46)42(51-54(38)3)56-16-13-39(57)50-43(56)58/h9-12,19-21,25-27,29,52H,4-8,13-18,22-23H2,1-3H3,(H,50,57,58). The number of urea groups is 1. The lowest BCUT2D eigenvalue weighted by Crippen LogP contribution is -2.53. The van der Waals surface area contributed by atoms with Crippen LogP contribution in [-0.4, -0.2) is 86.3 Å². The Hall–Kier alpha value is -5.57. The number of amides is 3. The Morgan fingerprint density at radius 1 is 1.03 bits per heavy atom. The zero-order valence-corrected chi connectivity index (χ0v) is 35.2. The van der Waals surface area contributed by atoms with Crippen LogP contribution >= 0.6 is 12.1 Å². The van der Waals surface area contributed by atoms with E-state index in [1.165, 1.54) is 35.2 Å². The summed E-state index contributed by atoms with van der Waals surface area (Å²) in [5.74, 6) is -0.176. The van der Waals surface area contributed by atoms with Gasteiger partial charge < -0.3 is 19.1 Å². The molecule has 14 nitrogen and oxygen atoms in total. The van der Waals surface area contributed by atoms with Crippen LogP contribution < -0.4 is 24.4 Å². The van der Waals surface area contributed by atoms with Crippen LogP contribution in [0.5, 0.6) is 17.4 Å². The molecule has 4 heterocycles. The van der Waals surface area contributed by atoms with Gasteiger partial charge in [-0.15, -0.1) is 0 Å². The smallest absolute Gasteiger partial charge is 0.329 e. The largest absolute Gasteiger partial charge is 0.473 e. The number of ether oxygens (including phenoxy) is 2. The van der Waals surface area contributed by atoms with Crippen molar-refractivity contribution in [3.8, 4) is 23.4 Å². The Kier molecular flexibility index (Phi) is 11.2. The van der Waals surface area contributed by atoms with Gasteiger partial charge in [0.05, 0.1) is 28.4 Å². The van der Waals surface area contributed by atoms with Crippen molar-refractivity contribution in [3.05, 3.63) is 71.4 Å². The van der Waals surface area contributed by atoms with Gasteiger partial charge in [-0.2, -0.15) is 10.4 Å². The van der Waals surface area contributed by atoms with E-state index >= 15 is 4.39 Å². The zero-order valence-electron chi connectivity index (χ0n) is 34.4. The van der Waals surface area contributed by atoms with E-state index in [0.717, 1.165) is 76.5 Å². The summed E-state index contributed by atoms with van der Waals surface area (Å²) >= 11 is 1.31. The van der Waals surface area contributed by atoms with E-state index < -0.39 is 11.8 Å². The van der Waals surface area contributed by atoms with Gasteiger partial charge in [-0.05, 0) is 125 Å². The van der Waals surface area contributed by atoms with E-state index in [9.17, 15) is 19.2 Å². The van der Waals surface area contributed by atoms with Crippen LogP contribution in [0, 0.1) is 28.4 Å². The Balaban J connectivity index is 0.773. The highest BCUT2D eigenvalue weighted by atomic mass is 32.2. The summed E-state index contributed by atoms with van der Waals surface area (Å²) in [6.45, 7) is 5.06. The SMILES string of the molecule is CCN(C)SNc1ccc(F)c(Oc2ccc3ncc(OC4CC5(CCN(C6CCC(c7cc8c(cc7F)c(N7CCC(=O)NC7=O)nn8C)CC6)CC5)C4)nc3c2)c1C#N. The maximum atomic E-state index is 15.8. The molecule has 0 atom stereocenters. The molecule has 1 spiro atoms. The monoisotopic (exact) mass is 850 g/mol. The highest BCUT2D eigenvalue weighted by molar-refractivity contribution is 7.98. The molecular formula is C44H48F2N10O4S. The summed E-state index contributed by atoms with van der Waals surface area (Å²) in [7, 11) is 3.70. The Morgan fingerprint density at radius 3 is 2.56 bits per heavy atom. The molecule has 17 heteroatoms. The first-order chi connectivity index (χ1) is 29.5. The van der Waals surface area contributed by atoms with Crippen molar-refractivity contribution in [2.24, 2.45) is 12.5 Å². The number of halogens is 2. The Bertz CT molecular complexity index is 2540. The second kappa shape index (κ2) is 16.7. The quantitative estimate of drug-likeness (QED) is 0.123. The first-order valence-electron chi connectivity index (χ1n) is 21.0. The molecular weight excluding hydrogens is 803 g/mol. The first-order valence-corrected chi connectivity index (χ1v) is 21.8. The molecule has 2 saturated carbocycles. The van der Waals surface area contributed by atoms with Crippen LogP contribution in [0.25, 0.3) is 21.9 Å². The lowest BCUT2D eigenvalue weighted by atomic mass is 9.61. The fourth-order valence-electron chi connectivity index (χ4n) is 9.49. The molecule has 5 aromatic rings. The van der Waals surface area contributed by atoms with Crippen molar-refractivity contribution in [1.29, 1.82) is 5.26 Å². The average molecular weight is 851 g/mol. The second-order valence-corrected chi connectivity index (χ2v) is 17.8. The van der Waals surface area contributed by atoms with Crippen LogP contribution in [-0.2, 0) is 11.8 Å². The molecule has 9 rings (SSSR count). The molecule has 3 amide bonds. The third-order valence-electron chi connectivity index (χ3n) is 13.1. The fraction of sp³-hybridized carbons (Fsp3) is 0.455. The molecule has 0 bridgehead atoms. The van der Waals surface area contributed by atoms with Crippen molar-refractivity contribution in [1.82, 2.24) is 34.3 Å². The molecule has 318 valence electrons. The number of imide groups is 1. The van der Waals surface area contributed by atoms with Crippen molar-refractivity contribution in [2.75, 3.05) is 42.8 Å². The van der Waals surface area contributed by atoms with Crippen LogP contribution in [0.1, 0.15) is 81.8 Å². The third kappa shape index (κ3) is 8.16. The minimum absolute atomic E-state index is 0.0456. The highest BCUT2D eigenvalue weighted by Crippen LogP contribution is 2.51. The van der Waals surface area contributed by atoms with Crippen molar-refractivity contribution >= 4 is 57.5 Å². The fourth-order valence-corrected chi connectivity index (χ4v) is 10.0. The first kappa shape index (κ1) is 40.8. The molecule has 0 unspecified atom stereocenters. The minimum atomic E-state index is -0.646.